The molecule has 4 heteroatoms. The van der Waals surface area contributed by atoms with Gasteiger partial charge in [0.05, 0.1) is 0 Å². The Morgan fingerprint density at radius 1 is 1.14 bits per heavy atom. The van der Waals surface area contributed by atoms with Crippen LogP contribution >= 0.6 is 0 Å². The van der Waals surface area contributed by atoms with Crippen LogP contribution < -0.4 is 5.32 Å². The Kier molecular flexibility index (Phi) is 3.92. The fourth-order valence-corrected chi connectivity index (χ4v) is 2.80. The molecule has 3 rings (SSSR count). The van der Waals surface area contributed by atoms with E-state index in [9.17, 15) is 9.59 Å². The number of benzene rings is 2. The molecule has 4 nitrogen and oxygen atoms in total. The Morgan fingerprint density at radius 3 is 2.64 bits per heavy atom. The first-order chi connectivity index (χ1) is 10.7. The van der Waals surface area contributed by atoms with Crippen molar-refractivity contribution in [2.24, 2.45) is 0 Å². The standard InChI is InChI=1S/C18H18N2O2/c1-13-6-5-9-15(12-13)16-17(21)19-10-11-20(16)18(22)14-7-3-2-4-8-14/h2-9,12,16H,10-11H2,1H3,(H,19,21). The minimum atomic E-state index is -0.568. The molecule has 0 aliphatic carbocycles. The molecule has 2 aromatic rings. The molecular weight excluding hydrogens is 276 g/mol. The molecule has 2 aromatic carbocycles. The molecule has 1 N–H and O–H groups in total. The number of rotatable bonds is 2. The number of amides is 2. The Hall–Kier alpha value is -2.62. The van der Waals surface area contributed by atoms with Crippen molar-refractivity contribution in [2.45, 2.75) is 13.0 Å². The summed E-state index contributed by atoms with van der Waals surface area (Å²) in [4.78, 5) is 26.8. The summed E-state index contributed by atoms with van der Waals surface area (Å²) in [7, 11) is 0. The molecule has 0 radical (unpaired) electrons. The van der Waals surface area contributed by atoms with Crippen LogP contribution in [-0.2, 0) is 4.79 Å². The molecule has 1 atom stereocenters. The van der Waals surface area contributed by atoms with Crippen molar-refractivity contribution >= 4 is 11.8 Å². The highest BCUT2D eigenvalue weighted by Crippen LogP contribution is 2.25. The zero-order valence-corrected chi connectivity index (χ0v) is 12.5. The van der Waals surface area contributed by atoms with Gasteiger partial charge in [0.1, 0.15) is 6.04 Å². The molecule has 2 amide bonds. The van der Waals surface area contributed by atoms with Crippen LogP contribution in [0.3, 0.4) is 0 Å². The second-order valence-corrected chi connectivity index (χ2v) is 5.47. The molecule has 0 spiro atoms. The summed E-state index contributed by atoms with van der Waals surface area (Å²) in [5, 5.41) is 2.85. The van der Waals surface area contributed by atoms with E-state index in [2.05, 4.69) is 5.32 Å². The van der Waals surface area contributed by atoms with E-state index in [1.54, 1.807) is 17.0 Å². The van der Waals surface area contributed by atoms with E-state index >= 15 is 0 Å². The maximum Gasteiger partial charge on any atom is 0.254 e. The molecule has 0 bridgehead atoms. The van der Waals surface area contributed by atoms with Gasteiger partial charge in [-0.25, -0.2) is 0 Å². The molecule has 1 fully saturated rings. The van der Waals surface area contributed by atoms with Gasteiger partial charge in [0, 0.05) is 18.7 Å². The van der Waals surface area contributed by atoms with Gasteiger partial charge >= 0.3 is 0 Å². The normalized spacial score (nSPS) is 18.0. The lowest BCUT2D eigenvalue weighted by molar-refractivity contribution is -0.128. The Labute approximate surface area is 129 Å². The van der Waals surface area contributed by atoms with Crippen LogP contribution in [0.4, 0.5) is 0 Å². The van der Waals surface area contributed by atoms with Gasteiger partial charge in [-0.15, -0.1) is 0 Å². The van der Waals surface area contributed by atoms with E-state index in [0.29, 0.717) is 18.7 Å². The lowest BCUT2D eigenvalue weighted by Gasteiger charge is -2.35. The monoisotopic (exact) mass is 294 g/mol. The Balaban J connectivity index is 1.97. The number of nitrogens with one attached hydrogen (secondary N) is 1. The number of piperazine rings is 1. The van der Waals surface area contributed by atoms with Gasteiger partial charge in [-0.05, 0) is 24.6 Å². The van der Waals surface area contributed by atoms with Gasteiger partial charge in [0.2, 0.25) is 5.91 Å². The number of hydrogen-bond donors (Lipinski definition) is 1. The third kappa shape index (κ3) is 2.72. The predicted octanol–water partition coefficient (Wildman–Crippen LogP) is 2.31. The van der Waals surface area contributed by atoms with Crippen LogP contribution in [0.2, 0.25) is 0 Å². The smallest absolute Gasteiger partial charge is 0.254 e. The van der Waals surface area contributed by atoms with Crippen LogP contribution in [0.5, 0.6) is 0 Å². The topological polar surface area (TPSA) is 49.4 Å². The van der Waals surface area contributed by atoms with Crippen LogP contribution in [0.1, 0.15) is 27.5 Å². The molecule has 22 heavy (non-hydrogen) atoms. The van der Waals surface area contributed by atoms with Gasteiger partial charge in [-0.1, -0.05) is 48.0 Å². The van der Waals surface area contributed by atoms with Crippen LogP contribution in [0.15, 0.2) is 54.6 Å². The maximum atomic E-state index is 12.8. The zero-order chi connectivity index (χ0) is 15.5. The van der Waals surface area contributed by atoms with Gasteiger partial charge < -0.3 is 10.2 Å². The quantitative estimate of drug-likeness (QED) is 0.924. The summed E-state index contributed by atoms with van der Waals surface area (Å²) in [6, 6.07) is 16.3. The minimum absolute atomic E-state index is 0.109. The lowest BCUT2D eigenvalue weighted by atomic mass is 9.99. The van der Waals surface area contributed by atoms with Crippen molar-refractivity contribution in [2.75, 3.05) is 13.1 Å². The van der Waals surface area contributed by atoms with E-state index in [-0.39, 0.29) is 11.8 Å². The fraction of sp³-hybridized carbons (Fsp3) is 0.222. The SMILES string of the molecule is Cc1cccc(C2C(=O)NCCN2C(=O)c2ccccc2)c1. The predicted molar refractivity (Wildman–Crippen MR) is 84.4 cm³/mol. The van der Waals surface area contributed by atoms with E-state index in [4.69, 9.17) is 0 Å². The third-order valence-electron chi connectivity index (χ3n) is 3.85. The molecule has 1 saturated heterocycles. The second-order valence-electron chi connectivity index (χ2n) is 5.47. The highest BCUT2D eigenvalue weighted by Gasteiger charge is 2.34. The summed E-state index contributed by atoms with van der Waals surface area (Å²) in [6.45, 7) is 2.98. The molecular formula is C18H18N2O2. The highest BCUT2D eigenvalue weighted by atomic mass is 16.2. The van der Waals surface area contributed by atoms with Crippen molar-refractivity contribution in [3.05, 3.63) is 71.3 Å². The van der Waals surface area contributed by atoms with E-state index in [1.807, 2.05) is 49.4 Å². The van der Waals surface area contributed by atoms with Crippen LogP contribution in [0.25, 0.3) is 0 Å². The fourth-order valence-electron chi connectivity index (χ4n) is 2.80. The first-order valence-electron chi connectivity index (χ1n) is 7.37. The second kappa shape index (κ2) is 6.02. The van der Waals surface area contributed by atoms with E-state index in [1.165, 1.54) is 0 Å². The van der Waals surface area contributed by atoms with Gasteiger partial charge in [-0.3, -0.25) is 9.59 Å². The lowest BCUT2D eigenvalue weighted by Crippen LogP contribution is -2.52. The maximum absolute atomic E-state index is 12.8. The first kappa shape index (κ1) is 14.3. The Morgan fingerprint density at radius 2 is 1.91 bits per heavy atom. The third-order valence-corrected chi connectivity index (χ3v) is 3.85. The van der Waals surface area contributed by atoms with Crippen LogP contribution in [-0.4, -0.2) is 29.8 Å². The van der Waals surface area contributed by atoms with Crippen molar-refractivity contribution < 1.29 is 9.59 Å². The summed E-state index contributed by atoms with van der Waals surface area (Å²) in [6.07, 6.45) is 0. The summed E-state index contributed by atoms with van der Waals surface area (Å²) in [5.74, 6) is -0.233. The average Bonchev–Trinajstić information content (AvgIpc) is 2.54. The minimum Gasteiger partial charge on any atom is -0.352 e. The summed E-state index contributed by atoms with van der Waals surface area (Å²) < 4.78 is 0. The van der Waals surface area contributed by atoms with Crippen molar-refractivity contribution in [1.82, 2.24) is 10.2 Å². The van der Waals surface area contributed by atoms with Crippen molar-refractivity contribution in [3.63, 3.8) is 0 Å². The molecule has 0 saturated carbocycles. The zero-order valence-electron chi connectivity index (χ0n) is 12.5. The summed E-state index contributed by atoms with van der Waals surface area (Å²) >= 11 is 0. The van der Waals surface area contributed by atoms with E-state index in [0.717, 1.165) is 11.1 Å². The number of carbonyl (C=O) groups is 2. The molecule has 1 aliphatic rings. The molecule has 1 unspecified atom stereocenters. The van der Waals surface area contributed by atoms with Crippen molar-refractivity contribution in [1.29, 1.82) is 0 Å². The average molecular weight is 294 g/mol. The van der Waals surface area contributed by atoms with E-state index < -0.39 is 6.04 Å². The van der Waals surface area contributed by atoms with Gasteiger partial charge in [0.15, 0.2) is 0 Å². The highest BCUT2D eigenvalue weighted by molar-refractivity contribution is 5.98. The van der Waals surface area contributed by atoms with Gasteiger partial charge in [0.25, 0.3) is 5.91 Å². The molecule has 1 heterocycles. The molecule has 1 aliphatic heterocycles. The number of nitrogens with zero attached hydrogens (tertiary/aromatic N) is 1. The number of carbonyl (C=O) groups excluding carboxylic acids is 2. The van der Waals surface area contributed by atoms with Crippen molar-refractivity contribution in [3.8, 4) is 0 Å². The molecule has 112 valence electrons. The summed E-state index contributed by atoms with van der Waals surface area (Å²) in [5.41, 5.74) is 2.53. The Bertz CT molecular complexity index is 697. The number of hydrogen-bond acceptors (Lipinski definition) is 2. The first-order valence-corrected chi connectivity index (χ1v) is 7.37. The number of aryl methyl sites for hydroxylation is 1. The van der Waals surface area contributed by atoms with Crippen LogP contribution in [0, 0.1) is 6.92 Å². The van der Waals surface area contributed by atoms with Gasteiger partial charge in [-0.2, -0.15) is 0 Å². The largest absolute Gasteiger partial charge is 0.352 e. The molecule has 0 aromatic heterocycles.